The summed E-state index contributed by atoms with van der Waals surface area (Å²) in [6, 6.07) is 13.7. The van der Waals surface area contributed by atoms with E-state index in [9.17, 15) is 4.79 Å². The van der Waals surface area contributed by atoms with Gasteiger partial charge in [0.1, 0.15) is 0 Å². The number of aromatic amines is 1. The molecule has 0 spiro atoms. The molecular weight excluding hydrogens is 314 g/mol. The van der Waals surface area contributed by atoms with E-state index in [0.29, 0.717) is 10.8 Å². The smallest absolute Gasteiger partial charge is 0.175 e. The van der Waals surface area contributed by atoms with E-state index in [1.54, 1.807) is 0 Å². The molecule has 0 aliphatic heterocycles. The van der Waals surface area contributed by atoms with Crippen molar-refractivity contribution in [3.05, 3.63) is 64.8 Å². The number of fused-ring (bicyclic) bond motifs is 1. The van der Waals surface area contributed by atoms with E-state index in [0.717, 1.165) is 27.8 Å². The number of para-hydroxylation sites is 1. The summed E-state index contributed by atoms with van der Waals surface area (Å²) in [6.45, 7) is 2.12. The van der Waals surface area contributed by atoms with Gasteiger partial charge in [-0.05, 0) is 24.1 Å². The highest BCUT2D eigenvalue weighted by Crippen LogP contribution is 2.29. The van der Waals surface area contributed by atoms with Crippen LogP contribution in [0.4, 0.5) is 0 Å². The van der Waals surface area contributed by atoms with E-state index in [4.69, 9.17) is 11.6 Å². The Hall–Kier alpha value is -1.71. The highest BCUT2D eigenvalue weighted by Gasteiger charge is 2.14. The van der Waals surface area contributed by atoms with Crippen molar-refractivity contribution in [3.63, 3.8) is 0 Å². The molecule has 0 saturated heterocycles. The summed E-state index contributed by atoms with van der Waals surface area (Å²) >= 11 is 7.61. The molecule has 0 fully saturated rings. The Morgan fingerprint density at radius 3 is 2.77 bits per heavy atom. The van der Waals surface area contributed by atoms with Gasteiger partial charge >= 0.3 is 0 Å². The van der Waals surface area contributed by atoms with Crippen LogP contribution in [-0.2, 0) is 6.42 Å². The summed E-state index contributed by atoms with van der Waals surface area (Å²) in [5, 5.41) is 1.69. The predicted octanol–water partition coefficient (Wildman–Crippen LogP) is 5.36. The van der Waals surface area contributed by atoms with Crippen molar-refractivity contribution in [1.82, 2.24) is 4.98 Å². The number of ketones is 1. The highest BCUT2D eigenvalue weighted by atomic mass is 35.5. The van der Waals surface area contributed by atoms with Gasteiger partial charge in [-0.3, -0.25) is 4.79 Å². The molecule has 112 valence electrons. The van der Waals surface area contributed by atoms with Crippen molar-refractivity contribution in [1.29, 1.82) is 0 Å². The number of aromatic nitrogens is 1. The predicted molar refractivity (Wildman–Crippen MR) is 94.2 cm³/mol. The first-order valence-corrected chi connectivity index (χ1v) is 8.56. The highest BCUT2D eigenvalue weighted by molar-refractivity contribution is 8.00. The maximum Gasteiger partial charge on any atom is 0.175 e. The SMILES string of the molecule is CCc1cccc2c(C(=O)CSc3ccccc3Cl)c[nH]c12. The Morgan fingerprint density at radius 2 is 2.00 bits per heavy atom. The number of carbonyl (C=O) groups is 1. The van der Waals surface area contributed by atoms with Crippen molar-refractivity contribution in [2.75, 3.05) is 5.75 Å². The van der Waals surface area contributed by atoms with Gasteiger partial charge in [-0.25, -0.2) is 0 Å². The molecule has 0 bridgehead atoms. The normalized spacial score (nSPS) is 11.0. The van der Waals surface area contributed by atoms with Crippen molar-refractivity contribution in [3.8, 4) is 0 Å². The van der Waals surface area contributed by atoms with Crippen LogP contribution in [0.15, 0.2) is 53.6 Å². The lowest BCUT2D eigenvalue weighted by Gasteiger charge is -2.03. The second-order valence-corrected chi connectivity index (χ2v) is 6.46. The zero-order chi connectivity index (χ0) is 15.5. The fourth-order valence-electron chi connectivity index (χ4n) is 2.53. The Balaban J connectivity index is 1.83. The first kappa shape index (κ1) is 15.2. The zero-order valence-electron chi connectivity index (χ0n) is 12.2. The molecule has 0 aliphatic rings. The van der Waals surface area contributed by atoms with E-state index >= 15 is 0 Å². The third-order valence-electron chi connectivity index (χ3n) is 3.68. The summed E-state index contributed by atoms with van der Waals surface area (Å²) in [4.78, 5) is 16.7. The van der Waals surface area contributed by atoms with Crippen LogP contribution in [0.5, 0.6) is 0 Å². The van der Waals surface area contributed by atoms with Gasteiger partial charge in [-0.1, -0.05) is 48.9 Å². The largest absolute Gasteiger partial charge is 0.360 e. The molecule has 0 saturated carbocycles. The average Bonchev–Trinajstić information content (AvgIpc) is 2.98. The minimum atomic E-state index is 0.115. The number of Topliss-reactive ketones (excluding diaryl/α,β-unsaturated/α-hetero) is 1. The first-order valence-electron chi connectivity index (χ1n) is 7.20. The fourth-order valence-corrected chi connectivity index (χ4v) is 3.65. The number of aryl methyl sites for hydroxylation is 1. The summed E-state index contributed by atoms with van der Waals surface area (Å²) < 4.78 is 0. The van der Waals surface area contributed by atoms with Gasteiger partial charge in [0.2, 0.25) is 0 Å². The Bertz CT molecular complexity index is 825. The van der Waals surface area contributed by atoms with Gasteiger partial charge < -0.3 is 4.98 Å². The molecule has 22 heavy (non-hydrogen) atoms. The van der Waals surface area contributed by atoms with Crippen molar-refractivity contribution in [2.24, 2.45) is 0 Å². The summed E-state index contributed by atoms with van der Waals surface area (Å²) in [7, 11) is 0. The molecule has 2 nitrogen and oxygen atoms in total. The van der Waals surface area contributed by atoms with Gasteiger partial charge in [-0.2, -0.15) is 0 Å². The molecule has 4 heteroatoms. The Kier molecular flexibility index (Phi) is 4.55. The molecular formula is C18H16ClNOS. The number of thioether (sulfide) groups is 1. The van der Waals surface area contributed by atoms with Gasteiger partial charge in [0, 0.05) is 27.6 Å². The average molecular weight is 330 g/mol. The third-order valence-corrected chi connectivity index (χ3v) is 5.19. The molecule has 0 aliphatic carbocycles. The molecule has 2 aromatic carbocycles. The summed E-state index contributed by atoms with van der Waals surface area (Å²) in [5.41, 5.74) is 3.05. The molecule has 0 unspecified atom stereocenters. The summed E-state index contributed by atoms with van der Waals surface area (Å²) in [6.07, 6.45) is 2.76. The van der Waals surface area contributed by atoms with E-state index in [2.05, 4.69) is 18.0 Å². The van der Waals surface area contributed by atoms with Crippen LogP contribution in [0.25, 0.3) is 10.9 Å². The third kappa shape index (κ3) is 2.92. The molecule has 1 heterocycles. The quantitative estimate of drug-likeness (QED) is 0.505. The fraction of sp³-hybridized carbons (Fsp3) is 0.167. The number of nitrogens with one attached hydrogen (secondary N) is 1. The lowest BCUT2D eigenvalue weighted by molar-refractivity contribution is 0.102. The number of halogens is 1. The number of benzene rings is 2. The second-order valence-electron chi connectivity index (χ2n) is 5.04. The van der Waals surface area contributed by atoms with E-state index in [1.807, 2.05) is 42.6 Å². The molecule has 1 N–H and O–H groups in total. The van der Waals surface area contributed by atoms with E-state index < -0.39 is 0 Å². The van der Waals surface area contributed by atoms with Gasteiger partial charge in [0.15, 0.2) is 5.78 Å². The van der Waals surface area contributed by atoms with E-state index in [1.165, 1.54) is 17.3 Å². The van der Waals surface area contributed by atoms with Crippen LogP contribution in [-0.4, -0.2) is 16.5 Å². The van der Waals surface area contributed by atoms with Crippen LogP contribution in [0.1, 0.15) is 22.8 Å². The van der Waals surface area contributed by atoms with Crippen LogP contribution < -0.4 is 0 Å². The number of hydrogen-bond acceptors (Lipinski definition) is 2. The zero-order valence-corrected chi connectivity index (χ0v) is 13.8. The molecule has 0 amide bonds. The maximum atomic E-state index is 12.5. The molecule has 3 aromatic rings. The van der Waals surface area contributed by atoms with Crippen molar-refractivity contribution in [2.45, 2.75) is 18.2 Å². The summed E-state index contributed by atoms with van der Waals surface area (Å²) in [5.74, 6) is 0.497. The monoisotopic (exact) mass is 329 g/mol. The van der Waals surface area contributed by atoms with Crippen molar-refractivity contribution >= 4 is 40.0 Å². The Labute approximate surface area is 138 Å². The molecule has 0 radical (unpaired) electrons. The minimum absolute atomic E-state index is 0.115. The van der Waals surface area contributed by atoms with E-state index in [-0.39, 0.29) is 5.78 Å². The van der Waals surface area contributed by atoms with Gasteiger partial charge in [0.05, 0.1) is 10.8 Å². The minimum Gasteiger partial charge on any atom is -0.360 e. The van der Waals surface area contributed by atoms with Gasteiger partial charge in [0.25, 0.3) is 0 Å². The van der Waals surface area contributed by atoms with Gasteiger partial charge in [-0.15, -0.1) is 11.8 Å². The number of rotatable bonds is 5. The number of carbonyl (C=O) groups excluding carboxylic acids is 1. The topological polar surface area (TPSA) is 32.9 Å². The van der Waals surface area contributed by atoms with Crippen LogP contribution in [0, 0.1) is 0 Å². The molecule has 3 rings (SSSR count). The van der Waals surface area contributed by atoms with Crippen LogP contribution >= 0.6 is 23.4 Å². The molecule has 0 atom stereocenters. The second kappa shape index (κ2) is 6.59. The Morgan fingerprint density at radius 1 is 1.18 bits per heavy atom. The number of H-pyrrole nitrogens is 1. The lowest BCUT2D eigenvalue weighted by atomic mass is 10.1. The molecule has 1 aromatic heterocycles. The van der Waals surface area contributed by atoms with Crippen molar-refractivity contribution < 1.29 is 4.79 Å². The first-order chi connectivity index (χ1) is 10.7. The standard InChI is InChI=1S/C18H16ClNOS/c1-2-12-6-5-7-13-14(10-20-18(12)13)16(21)11-22-17-9-4-3-8-15(17)19/h3-10,20H,2,11H2,1H3. The number of hydrogen-bond donors (Lipinski definition) is 1. The van der Waals surface area contributed by atoms with Crippen LogP contribution in [0.2, 0.25) is 5.02 Å². The lowest BCUT2D eigenvalue weighted by Crippen LogP contribution is -2.01. The van der Waals surface area contributed by atoms with Crippen LogP contribution in [0.3, 0.4) is 0 Å². The maximum absolute atomic E-state index is 12.5.